The van der Waals surface area contributed by atoms with Gasteiger partial charge < -0.3 is 5.11 Å². The van der Waals surface area contributed by atoms with Crippen molar-refractivity contribution >= 4 is 11.9 Å². The molecule has 2 aromatic carbocycles. The van der Waals surface area contributed by atoms with Crippen LogP contribution in [0.15, 0.2) is 47.5 Å². The molecule has 0 bridgehead atoms. The van der Waals surface area contributed by atoms with E-state index in [0.29, 0.717) is 16.8 Å². The molecule has 0 radical (unpaired) electrons. The smallest absolute Gasteiger partial charge is 0.124 e. The molecule has 0 saturated carbocycles. The van der Waals surface area contributed by atoms with Gasteiger partial charge in [0.15, 0.2) is 0 Å². The average Bonchev–Trinajstić information content (AvgIpc) is 2.46. The van der Waals surface area contributed by atoms with Crippen LogP contribution < -0.4 is 0 Å². The van der Waals surface area contributed by atoms with Gasteiger partial charge in [0, 0.05) is 17.3 Å². The molecule has 0 aliphatic carbocycles. The number of hydrogen-bond donors (Lipinski definition) is 1. The highest BCUT2D eigenvalue weighted by molar-refractivity contribution is 5.85. The SMILES string of the molecule is C#Cc1cccc(N=Cc2cc(C#N)ccc2O)c1. The third kappa shape index (κ3) is 3.00. The fourth-order valence-electron chi connectivity index (χ4n) is 1.55. The lowest BCUT2D eigenvalue weighted by atomic mass is 10.1. The minimum atomic E-state index is 0.0795. The summed E-state index contributed by atoms with van der Waals surface area (Å²) in [4.78, 5) is 4.23. The largest absolute Gasteiger partial charge is 0.507 e. The van der Waals surface area contributed by atoms with Crippen molar-refractivity contribution in [2.45, 2.75) is 0 Å². The summed E-state index contributed by atoms with van der Waals surface area (Å²) in [7, 11) is 0. The Hall–Kier alpha value is -3.04. The molecule has 19 heavy (non-hydrogen) atoms. The first kappa shape index (κ1) is 12.4. The van der Waals surface area contributed by atoms with E-state index in [1.165, 1.54) is 12.3 Å². The summed E-state index contributed by atoms with van der Waals surface area (Å²) in [6, 6.07) is 13.8. The van der Waals surface area contributed by atoms with Crippen LogP contribution in [0.2, 0.25) is 0 Å². The fourth-order valence-corrected chi connectivity index (χ4v) is 1.55. The minimum absolute atomic E-state index is 0.0795. The van der Waals surface area contributed by atoms with Crippen molar-refractivity contribution in [3.8, 4) is 24.2 Å². The van der Waals surface area contributed by atoms with Gasteiger partial charge in [0.1, 0.15) is 5.75 Å². The highest BCUT2D eigenvalue weighted by atomic mass is 16.3. The Bertz CT molecular complexity index is 718. The second-order valence-corrected chi connectivity index (χ2v) is 3.84. The van der Waals surface area contributed by atoms with Gasteiger partial charge in [0.25, 0.3) is 0 Å². The molecule has 0 spiro atoms. The molecule has 90 valence electrons. The molecule has 2 rings (SSSR count). The number of rotatable bonds is 2. The third-order valence-electron chi connectivity index (χ3n) is 2.52. The Labute approximate surface area is 111 Å². The molecule has 2 aromatic rings. The van der Waals surface area contributed by atoms with E-state index in [2.05, 4.69) is 10.9 Å². The van der Waals surface area contributed by atoms with Gasteiger partial charge in [-0.1, -0.05) is 12.0 Å². The van der Waals surface area contributed by atoms with Gasteiger partial charge in [-0.2, -0.15) is 5.26 Å². The second kappa shape index (κ2) is 5.53. The van der Waals surface area contributed by atoms with Gasteiger partial charge in [0.2, 0.25) is 0 Å². The van der Waals surface area contributed by atoms with E-state index in [0.717, 1.165) is 5.56 Å². The Morgan fingerprint density at radius 2 is 2.00 bits per heavy atom. The monoisotopic (exact) mass is 246 g/mol. The topological polar surface area (TPSA) is 56.4 Å². The fraction of sp³-hybridized carbons (Fsp3) is 0. The number of benzene rings is 2. The number of aliphatic imine (C=N–C) groups is 1. The minimum Gasteiger partial charge on any atom is -0.507 e. The number of nitrogens with zero attached hydrogens (tertiary/aromatic N) is 2. The predicted molar refractivity (Wildman–Crippen MR) is 74.5 cm³/mol. The van der Waals surface area contributed by atoms with Gasteiger partial charge >= 0.3 is 0 Å². The van der Waals surface area contributed by atoms with E-state index in [-0.39, 0.29) is 5.75 Å². The van der Waals surface area contributed by atoms with Crippen LogP contribution in [0.4, 0.5) is 5.69 Å². The van der Waals surface area contributed by atoms with Crippen molar-refractivity contribution in [2.24, 2.45) is 4.99 Å². The van der Waals surface area contributed by atoms with Crippen LogP contribution in [0.1, 0.15) is 16.7 Å². The van der Waals surface area contributed by atoms with E-state index in [4.69, 9.17) is 11.7 Å². The molecule has 0 aromatic heterocycles. The first-order chi connectivity index (χ1) is 9.22. The summed E-state index contributed by atoms with van der Waals surface area (Å²) >= 11 is 0. The first-order valence-corrected chi connectivity index (χ1v) is 5.57. The molecular weight excluding hydrogens is 236 g/mol. The summed E-state index contributed by atoms with van der Waals surface area (Å²) in [6.07, 6.45) is 6.82. The van der Waals surface area contributed by atoms with Crippen LogP contribution in [-0.2, 0) is 0 Å². The van der Waals surface area contributed by atoms with Gasteiger partial charge in [-0.05, 0) is 36.4 Å². The lowest BCUT2D eigenvalue weighted by Gasteiger charge is -1.99. The van der Waals surface area contributed by atoms with Crippen molar-refractivity contribution in [2.75, 3.05) is 0 Å². The van der Waals surface area contributed by atoms with Gasteiger partial charge in [-0.15, -0.1) is 6.42 Å². The quantitative estimate of drug-likeness (QED) is 0.654. The molecule has 1 N–H and O–H groups in total. The normalized spacial score (nSPS) is 10.0. The van der Waals surface area contributed by atoms with Crippen LogP contribution in [-0.4, -0.2) is 11.3 Å². The van der Waals surface area contributed by atoms with Crippen LogP contribution >= 0.6 is 0 Å². The van der Waals surface area contributed by atoms with Crippen molar-refractivity contribution in [1.29, 1.82) is 5.26 Å². The number of phenolic OH excluding ortho intramolecular Hbond substituents is 1. The van der Waals surface area contributed by atoms with Crippen LogP contribution in [0.25, 0.3) is 0 Å². The number of aromatic hydroxyl groups is 1. The zero-order chi connectivity index (χ0) is 13.7. The predicted octanol–water partition coefficient (Wildman–Crippen LogP) is 3.00. The maximum absolute atomic E-state index is 9.68. The molecule has 0 atom stereocenters. The second-order valence-electron chi connectivity index (χ2n) is 3.84. The van der Waals surface area contributed by atoms with Gasteiger partial charge in [-0.25, -0.2) is 0 Å². The van der Waals surface area contributed by atoms with Crippen LogP contribution in [0.3, 0.4) is 0 Å². The summed E-state index contributed by atoms with van der Waals surface area (Å²) in [5.74, 6) is 2.61. The Balaban J connectivity index is 2.33. The van der Waals surface area contributed by atoms with Crippen LogP contribution in [0.5, 0.6) is 5.75 Å². The molecule has 0 heterocycles. The molecule has 0 amide bonds. The summed E-state index contributed by atoms with van der Waals surface area (Å²) in [5, 5.41) is 18.5. The molecular formula is C16H10N2O. The molecule has 3 nitrogen and oxygen atoms in total. The number of hydrogen-bond acceptors (Lipinski definition) is 3. The summed E-state index contributed by atoms with van der Waals surface area (Å²) in [5.41, 5.74) is 2.39. The highest BCUT2D eigenvalue weighted by Gasteiger charge is 2.00. The van der Waals surface area contributed by atoms with Crippen molar-refractivity contribution in [1.82, 2.24) is 0 Å². The van der Waals surface area contributed by atoms with E-state index < -0.39 is 0 Å². The molecule has 0 unspecified atom stereocenters. The van der Waals surface area contributed by atoms with Crippen molar-refractivity contribution in [3.63, 3.8) is 0 Å². The Kier molecular flexibility index (Phi) is 3.61. The maximum Gasteiger partial charge on any atom is 0.124 e. The molecule has 0 aliphatic rings. The number of nitriles is 1. The molecule has 0 aliphatic heterocycles. The first-order valence-electron chi connectivity index (χ1n) is 5.57. The summed E-state index contributed by atoms with van der Waals surface area (Å²) < 4.78 is 0. The van der Waals surface area contributed by atoms with Gasteiger partial charge in [-0.3, -0.25) is 4.99 Å². The van der Waals surface area contributed by atoms with E-state index in [1.54, 1.807) is 18.2 Å². The standard InChI is InChI=1S/C16H10N2O/c1-2-12-4-3-5-15(9-12)18-11-14-8-13(10-17)6-7-16(14)19/h1,3-9,11,19H. The van der Waals surface area contributed by atoms with E-state index in [1.807, 2.05) is 24.3 Å². The Morgan fingerprint density at radius 1 is 1.16 bits per heavy atom. The molecule has 0 saturated heterocycles. The average molecular weight is 246 g/mol. The van der Waals surface area contributed by atoms with Crippen LogP contribution in [0, 0.1) is 23.7 Å². The zero-order valence-electron chi connectivity index (χ0n) is 10.0. The Morgan fingerprint density at radius 3 is 2.74 bits per heavy atom. The van der Waals surface area contributed by atoms with Gasteiger partial charge in [0.05, 0.1) is 17.3 Å². The number of terminal acetylenes is 1. The molecule has 3 heteroatoms. The summed E-state index contributed by atoms with van der Waals surface area (Å²) in [6.45, 7) is 0. The third-order valence-corrected chi connectivity index (χ3v) is 2.52. The van der Waals surface area contributed by atoms with E-state index >= 15 is 0 Å². The van der Waals surface area contributed by atoms with Crippen molar-refractivity contribution in [3.05, 3.63) is 59.2 Å². The van der Waals surface area contributed by atoms with E-state index in [9.17, 15) is 5.11 Å². The lowest BCUT2D eigenvalue weighted by Crippen LogP contribution is -1.84. The zero-order valence-corrected chi connectivity index (χ0v) is 10.0. The lowest BCUT2D eigenvalue weighted by molar-refractivity contribution is 0.474. The molecule has 0 fully saturated rings. The highest BCUT2D eigenvalue weighted by Crippen LogP contribution is 2.18. The number of phenols is 1. The maximum atomic E-state index is 9.68. The van der Waals surface area contributed by atoms with Crippen molar-refractivity contribution < 1.29 is 5.11 Å².